The average Bonchev–Trinajstić information content (AvgIpc) is 3.02. The molecule has 0 spiro atoms. The molecule has 0 aliphatic heterocycles. The Morgan fingerprint density at radius 3 is 2.76 bits per heavy atom. The van der Waals surface area contributed by atoms with Crippen LogP contribution >= 0.6 is 0 Å². The zero-order valence-electron chi connectivity index (χ0n) is 12.0. The Kier molecular flexibility index (Phi) is 5.54. The lowest BCUT2D eigenvalue weighted by atomic mass is 10.1. The molecule has 1 atom stereocenters. The third-order valence-electron chi connectivity index (χ3n) is 3.19. The summed E-state index contributed by atoms with van der Waals surface area (Å²) in [5.41, 5.74) is 1.51. The van der Waals surface area contributed by atoms with Crippen LogP contribution in [-0.2, 0) is 4.74 Å². The van der Waals surface area contributed by atoms with Gasteiger partial charge in [0.2, 0.25) is 0 Å². The molecule has 1 aromatic carbocycles. The van der Waals surface area contributed by atoms with Crippen molar-refractivity contribution >= 4 is 5.91 Å². The Morgan fingerprint density at radius 2 is 2.10 bits per heavy atom. The molecule has 0 bridgehead atoms. The molecule has 0 aliphatic rings. The van der Waals surface area contributed by atoms with Crippen molar-refractivity contribution in [3.05, 3.63) is 54.4 Å². The van der Waals surface area contributed by atoms with Crippen LogP contribution in [-0.4, -0.2) is 41.9 Å². The van der Waals surface area contributed by atoms with Crippen molar-refractivity contribution in [2.75, 3.05) is 20.3 Å². The highest BCUT2D eigenvalue weighted by Crippen LogP contribution is 2.11. The summed E-state index contributed by atoms with van der Waals surface area (Å²) in [5.74, 6) is -0.167. The molecule has 5 heteroatoms. The van der Waals surface area contributed by atoms with Gasteiger partial charge >= 0.3 is 0 Å². The Bertz CT molecular complexity index is 561. The van der Waals surface area contributed by atoms with Gasteiger partial charge in [0, 0.05) is 37.4 Å². The molecule has 21 heavy (non-hydrogen) atoms. The van der Waals surface area contributed by atoms with Gasteiger partial charge in [0.05, 0.1) is 12.6 Å². The van der Waals surface area contributed by atoms with Crippen LogP contribution in [0.5, 0.6) is 0 Å². The number of aliphatic hydroxyl groups is 1. The summed E-state index contributed by atoms with van der Waals surface area (Å²) in [6, 6.07) is 11.1. The van der Waals surface area contributed by atoms with Gasteiger partial charge in [0.15, 0.2) is 0 Å². The zero-order valence-corrected chi connectivity index (χ0v) is 12.0. The van der Waals surface area contributed by atoms with Crippen LogP contribution in [0.3, 0.4) is 0 Å². The number of carbonyl (C=O) groups is 1. The fourth-order valence-electron chi connectivity index (χ4n) is 2.14. The molecule has 1 heterocycles. The van der Waals surface area contributed by atoms with E-state index in [1.165, 1.54) is 0 Å². The Morgan fingerprint density at radius 1 is 1.33 bits per heavy atom. The monoisotopic (exact) mass is 288 g/mol. The predicted molar refractivity (Wildman–Crippen MR) is 80.6 cm³/mol. The fraction of sp³-hybridized carbons (Fsp3) is 0.312. The van der Waals surface area contributed by atoms with Crippen molar-refractivity contribution in [2.24, 2.45) is 0 Å². The predicted octanol–water partition coefficient (Wildman–Crippen LogP) is 1.60. The SMILES string of the molecule is COCC(CCO)NC(=O)c1cccc(-n2cccc2)c1. The Hall–Kier alpha value is -2.11. The van der Waals surface area contributed by atoms with E-state index in [-0.39, 0.29) is 18.6 Å². The molecular formula is C16H20N2O3. The van der Waals surface area contributed by atoms with E-state index < -0.39 is 0 Å². The molecule has 5 nitrogen and oxygen atoms in total. The summed E-state index contributed by atoms with van der Waals surface area (Å²) in [5, 5.41) is 11.9. The van der Waals surface area contributed by atoms with E-state index in [1.807, 2.05) is 47.3 Å². The molecule has 2 rings (SSSR count). The van der Waals surface area contributed by atoms with Crippen LogP contribution in [0, 0.1) is 0 Å². The first-order valence-corrected chi connectivity index (χ1v) is 6.88. The fourth-order valence-corrected chi connectivity index (χ4v) is 2.14. The minimum atomic E-state index is -0.192. The van der Waals surface area contributed by atoms with Gasteiger partial charge in [-0.05, 0) is 36.8 Å². The van der Waals surface area contributed by atoms with Crippen molar-refractivity contribution in [1.29, 1.82) is 0 Å². The maximum atomic E-state index is 12.3. The van der Waals surface area contributed by atoms with Gasteiger partial charge in [-0.2, -0.15) is 0 Å². The molecule has 1 amide bonds. The second-order valence-electron chi connectivity index (χ2n) is 4.78. The molecule has 0 saturated heterocycles. The van der Waals surface area contributed by atoms with Crippen LogP contribution in [0.25, 0.3) is 5.69 Å². The molecule has 0 aliphatic carbocycles. The highest BCUT2D eigenvalue weighted by atomic mass is 16.5. The first-order chi connectivity index (χ1) is 10.2. The number of rotatable bonds is 7. The van der Waals surface area contributed by atoms with E-state index in [1.54, 1.807) is 13.2 Å². The lowest BCUT2D eigenvalue weighted by Gasteiger charge is -2.17. The molecule has 1 aromatic heterocycles. The molecule has 2 N–H and O–H groups in total. The average molecular weight is 288 g/mol. The molecular weight excluding hydrogens is 268 g/mol. The van der Waals surface area contributed by atoms with Crippen LogP contribution in [0.2, 0.25) is 0 Å². The second-order valence-corrected chi connectivity index (χ2v) is 4.78. The smallest absolute Gasteiger partial charge is 0.251 e. The van der Waals surface area contributed by atoms with E-state index in [0.29, 0.717) is 18.6 Å². The van der Waals surface area contributed by atoms with Crippen molar-refractivity contribution in [3.63, 3.8) is 0 Å². The summed E-state index contributed by atoms with van der Waals surface area (Å²) in [4.78, 5) is 12.3. The Labute approximate surface area is 124 Å². The number of hydrogen-bond donors (Lipinski definition) is 2. The third-order valence-corrected chi connectivity index (χ3v) is 3.19. The van der Waals surface area contributed by atoms with E-state index in [0.717, 1.165) is 5.69 Å². The molecule has 1 unspecified atom stereocenters. The summed E-state index contributed by atoms with van der Waals surface area (Å²) in [6.07, 6.45) is 4.32. The molecule has 0 fully saturated rings. The first-order valence-electron chi connectivity index (χ1n) is 6.88. The summed E-state index contributed by atoms with van der Waals surface area (Å²) in [6.45, 7) is 0.390. The largest absolute Gasteiger partial charge is 0.396 e. The number of aliphatic hydroxyl groups excluding tert-OH is 1. The number of hydrogen-bond acceptors (Lipinski definition) is 3. The number of benzene rings is 1. The second kappa shape index (κ2) is 7.61. The Balaban J connectivity index is 2.10. The van der Waals surface area contributed by atoms with Crippen molar-refractivity contribution in [1.82, 2.24) is 9.88 Å². The summed E-state index contributed by atoms with van der Waals surface area (Å²) < 4.78 is 6.99. The van der Waals surface area contributed by atoms with Crippen LogP contribution in [0.1, 0.15) is 16.8 Å². The van der Waals surface area contributed by atoms with Crippen LogP contribution < -0.4 is 5.32 Å². The summed E-state index contributed by atoms with van der Waals surface area (Å²) >= 11 is 0. The normalized spacial score (nSPS) is 12.1. The van der Waals surface area contributed by atoms with Crippen molar-refractivity contribution in [2.45, 2.75) is 12.5 Å². The van der Waals surface area contributed by atoms with E-state index >= 15 is 0 Å². The van der Waals surface area contributed by atoms with Crippen LogP contribution in [0.4, 0.5) is 0 Å². The minimum absolute atomic E-state index is 0.0116. The third kappa shape index (κ3) is 4.18. The van der Waals surface area contributed by atoms with Gasteiger partial charge in [-0.3, -0.25) is 4.79 Å². The highest BCUT2D eigenvalue weighted by Gasteiger charge is 2.13. The minimum Gasteiger partial charge on any atom is -0.396 e. The topological polar surface area (TPSA) is 63.5 Å². The van der Waals surface area contributed by atoms with Gasteiger partial charge < -0.3 is 19.7 Å². The van der Waals surface area contributed by atoms with Crippen molar-refractivity contribution in [3.8, 4) is 5.69 Å². The van der Waals surface area contributed by atoms with Crippen molar-refractivity contribution < 1.29 is 14.6 Å². The molecule has 0 radical (unpaired) electrons. The maximum absolute atomic E-state index is 12.3. The number of aromatic nitrogens is 1. The maximum Gasteiger partial charge on any atom is 0.251 e. The van der Waals surface area contributed by atoms with Gasteiger partial charge in [-0.1, -0.05) is 6.07 Å². The number of methoxy groups -OCH3 is 1. The highest BCUT2D eigenvalue weighted by molar-refractivity contribution is 5.94. The standard InChI is InChI=1S/C16H20N2O3/c1-21-12-14(7-10-19)17-16(20)13-5-4-6-15(11-13)18-8-2-3-9-18/h2-6,8-9,11,14,19H,7,10,12H2,1H3,(H,17,20). The van der Waals surface area contributed by atoms with Crippen LogP contribution in [0.15, 0.2) is 48.8 Å². The van der Waals surface area contributed by atoms with E-state index in [9.17, 15) is 4.79 Å². The number of nitrogens with one attached hydrogen (secondary N) is 1. The van der Waals surface area contributed by atoms with Gasteiger partial charge in [0.25, 0.3) is 5.91 Å². The van der Waals surface area contributed by atoms with Gasteiger partial charge in [0.1, 0.15) is 0 Å². The van der Waals surface area contributed by atoms with Gasteiger partial charge in [-0.15, -0.1) is 0 Å². The lowest BCUT2D eigenvalue weighted by Crippen LogP contribution is -2.38. The zero-order chi connectivity index (χ0) is 15.1. The number of nitrogens with zero attached hydrogens (tertiary/aromatic N) is 1. The molecule has 0 saturated carbocycles. The summed E-state index contributed by atoms with van der Waals surface area (Å²) in [7, 11) is 1.57. The van der Waals surface area contributed by atoms with E-state index in [2.05, 4.69) is 5.32 Å². The number of ether oxygens (including phenoxy) is 1. The quantitative estimate of drug-likeness (QED) is 0.813. The molecule has 2 aromatic rings. The number of amides is 1. The van der Waals surface area contributed by atoms with E-state index in [4.69, 9.17) is 9.84 Å². The molecule has 112 valence electrons. The van der Waals surface area contributed by atoms with Gasteiger partial charge in [-0.25, -0.2) is 0 Å². The number of carbonyl (C=O) groups excluding carboxylic acids is 1. The lowest BCUT2D eigenvalue weighted by molar-refractivity contribution is 0.0878. The first kappa shape index (κ1) is 15.3.